The van der Waals surface area contributed by atoms with Crippen LogP contribution in [0.2, 0.25) is 0 Å². The zero-order valence-corrected chi connectivity index (χ0v) is 10.6. The van der Waals surface area contributed by atoms with Gasteiger partial charge in [-0.15, -0.1) is 0 Å². The molecule has 1 aliphatic carbocycles. The van der Waals surface area contributed by atoms with E-state index in [0.717, 1.165) is 5.56 Å². The van der Waals surface area contributed by atoms with Crippen molar-refractivity contribution >= 4 is 5.91 Å². The Bertz CT molecular complexity index is 438. The maximum absolute atomic E-state index is 12.3. The van der Waals surface area contributed by atoms with Gasteiger partial charge in [0.1, 0.15) is 5.75 Å². The minimum atomic E-state index is -0.0920. The molecule has 0 heterocycles. The van der Waals surface area contributed by atoms with Crippen LogP contribution in [-0.2, 0) is 0 Å². The van der Waals surface area contributed by atoms with E-state index in [0.29, 0.717) is 11.5 Å². The van der Waals surface area contributed by atoms with Crippen molar-refractivity contribution in [2.45, 2.75) is 32.7 Å². The number of carbonyl (C=O) groups is 1. The van der Waals surface area contributed by atoms with Gasteiger partial charge in [0.05, 0.1) is 5.56 Å². The highest BCUT2D eigenvalue weighted by atomic mass is 16.3. The van der Waals surface area contributed by atoms with Crippen molar-refractivity contribution < 1.29 is 9.90 Å². The van der Waals surface area contributed by atoms with Crippen LogP contribution in [-0.4, -0.2) is 29.0 Å². The van der Waals surface area contributed by atoms with Crippen LogP contribution in [0.15, 0.2) is 18.2 Å². The summed E-state index contributed by atoms with van der Waals surface area (Å²) >= 11 is 0. The quantitative estimate of drug-likeness (QED) is 0.871. The molecule has 0 radical (unpaired) electrons. The van der Waals surface area contributed by atoms with Crippen molar-refractivity contribution in [1.29, 1.82) is 0 Å². The van der Waals surface area contributed by atoms with E-state index >= 15 is 0 Å². The second kappa shape index (κ2) is 4.40. The SMILES string of the molecule is Cc1ccc(O)c(C(=O)N(C)C(C)C2CC2)c1. The summed E-state index contributed by atoms with van der Waals surface area (Å²) in [6.45, 7) is 3.99. The summed E-state index contributed by atoms with van der Waals surface area (Å²) < 4.78 is 0. The number of phenolic OH excluding ortho intramolecular Hbond substituents is 1. The average Bonchev–Trinajstić information content (AvgIpc) is 3.13. The van der Waals surface area contributed by atoms with Crippen LogP contribution < -0.4 is 0 Å². The van der Waals surface area contributed by atoms with Crippen LogP contribution >= 0.6 is 0 Å². The fourth-order valence-corrected chi connectivity index (χ4v) is 2.09. The first-order valence-electron chi connectivity index (χ1n) is 6.07. The van der Waals surface area contributed by atoms with Crippen LogP contribution in [0.5, 0.6) is 5.75 Å². The molecule has 0 bridgehead atoms. The number of hydrogen-bond acceptors (Lipinski definition) is 2. The third-order valence-corrected chi connectivity index (χ3v) is 3.62. The summed E-state index contributed by atoms with van der Waals surface area (Å²) in [6, 6.07) is 5.38. The molecule has 1 aliphatic rings. The van der Waals surface area contributed by atoms with E-state index in [1.54, 1.807) is 23.1 Å². The molecule has 1 aromatic carbocycles. The predicted octanol–water partition coefficient (Wildman–Crippen LogP) is 2.57. The van der Waals surface area contributed by atoms with Gasteiger partial charge in [-0.25, -0.2) is 0 Å². The van der Waals surface area contributed by atoms with Gasteiger partial charge < -0.3 is 10.0 Å². The Morgan fingerprint density at radius 1 is 1.47 bits per heavy atom. The number of aromatic hydroxyl groups is 1. The fourth-order valence-electron chi connectivity index (χ4n) is 2.09. The van der Waals surface area contributed by atoms with Crippen molar-refractivity contribution in [3.8, 4) is 5.75 Å². The van der Waals surface area contributed by atoms with E-state index in [2.05, 4.69) is 6.92 Å². The highest BCUT2D eigenvalue weighted by molar-refractivity contribution is 5.97. The minimum absolute atomic E-state index is 0.0652. The summed E-state index contributed by atoms with van der Waals surface area (Å²) in [5, 5.41) is 9.74. The van der Waals surface area contributed by atoms with E-state index in [1.807, 2.05) is 14.0 Å². The third-order valence-electron chi connectivity index (χ3n) is 3.62. The second-order valence-corrected chi connectivity index (χ2v) is 5.01. The maximum Gasteiger partial charge on any atom is 0.257 e. The van der Waals surface area contributed by atoms with Gasteiger partial charge in [0, 0.05) is 13.1 Å². The molecule has 1 atom stereocenters. The van der Waals surface area contributed by atoms with Crippen molar-refractivity contribution in [3.63, 3.8) is 0 Å². The number of phenols is 1. The Kier molecular flexibility index (Phi) is 3.09. The fraction of sp³-hybridized carbons (Fsp3) is 0.500. The lowest BCUT2D eigenvalue weighted by Crippen LogP contribution is -2.36. The molecule has 0 aliphatic heterocycles. The first-order chi connectivity index (χ1) is 8.00. The number of nitrogens with zero attached hydrogens (tertiary/aromatic N) is 1. The highest BCUT2D eigenvalue weighted by Crippen LogP contribution is 2.35. The van der Waals surface area contributed by atoms with E-state index in [4.69, 9.17) is 0 Å². The van der Waals surface area contributed by atoms with Crippen molar-refractivity contribution in [1.82, 2.24) is 4.90 Å². The highest BCUT2D eigenvalue weighted by Gasteiger charge is 2.33. The molecular weight excluding hydrogens is 214 g/mol. The molecule has 2 rings (SSSR count). The first kappa shape index (κ1) is 12.0. The number of carbonyl (C=O) groups excluding carboxylic acids is 1. The van der Waals surface area contributed by atoms with Crippen LogP contribution in [0.3, 0.4) is 0 Å². The van der Waals surface area contributed by atoms with Crippen molar-refractivity contribution in [2.75, 3.05) is 7.05 Å². The lowest BCUT2D eigenvalue weighted by atomic mass is 10.1. The summed E-state index contributed by atoms with van der Waals surface area (Å²) in [5.74, 6) is 0.608. The van der Waals surface area contributed by atoms with Gasteiger partial charge in [-0.1, -0.05) is 11.6 Å². The number of hydrogen-bond donors (Lipinski definition) is 1. The predicted molar refractivity (Wildman–Crippen MR) is 67.1 cm³/mol. The maximum atomic E-state index is 12.3. The molecule has 0 saturated heterocycles. The standard InChI is InChI=1S/C14H19NO2/c1-9-4-7-13(16)12(8-9)14(17)15(3)10(2)11-5-6-11/h4,7-8,10-11,16H,5-6H2,1-3H3. The number of amides is 1. The summed E-state index contributed by atoms with van der Waals surface area (Å²) in [6.07, 6.45) is 2.41. The van der Waals surface area contributed by atoms with Gasteiger partial charge in [-0.2, -0.15) is 0 Å². The lowest BCUT2D eigenvalue weighted by molar-refractivity contribution is 0.0724. The smallest absolute Gasteiger partial charge is 0.257 e. The summed E-state index contributed by atoms with van der Waals surface area (Å²) in [4.78, 5) is 14.0. The lowest BCUT2D eigenvalue weighted by Gasteiger charge is -2.25. The Morgan fingerprint density at radius 2 is 2.12 bits per heavy atom. The third kappa shape index (κ3) is 2.43. The van der Waals surface area contributed by atoms with E-state index < -0.39 is 0 Å². The molecule has 3 nitrogen and oxygen atoms in total. The molecule has 92 valence electrons. The molecule has 1 aromatic rings. The normalized spacial score (nSPS) is 16.6. The van der Waals surface area contributed by atoms with Gasteiger partial charge >= 0.3 is 0 Å². The van der Waals surface area contributed by atoms with Crippen LogP contribution in [0.25, 0.3) is 0 Å². The van der Waals surface area contributed by atoms with Crippen molar-refractivity contribution in [3.05, 3.63) is 29.3 Å². The first-order valence-corrected chi connectivity index (χ1v) is 6.07. The Balaban J connectivity index is 2.20. The molecule has 1 unspecified atom stereocenters. The van der Waals surface area contributed by atoms with Gasteiger partial charge in [0.15, 0.2) is 0 Å². The zero-order chi connectivity index (χ0) is 12.6. The summed E-state index contributed by atoms with van der Waals surface area (Å²) in [7, 11) is 1.81. The Labute approximate surface area is 102 Å². The van der Waals surface area contributed by atoms with Crippen LogP contribution in [0.4, 0.5) is 0 Å². The molecule has 17 heavy (non-hydrogen) atoms. The van der Waals surface area contributed by atoms with Gasteiger partial charge in [-0.05, 0) is 44.7 Å². The molecule has 1 fully saturated rings. The average molecular weight is 233 g/mol. The number of aryl methyl sites for hydroxylation is 1. The zero-order valence-electron chi connectivity index (χ0n) is 10.6. The van der Waals surface area contributed by atoms with Gasteiger partial charge in [0.2, 0.25) is 0 Å². The molecular formula is C14H19NO2. The molecule has 1 N–H and O–H groups in total. The Morgan fingerprint density at radius 3 is 2.71 bits per heavy atom. The largest absolute Gasteiger partial charge is 0.507 e. The van der Waals surface area contributed by atoms with Crippen LogP contribution in [0, 0.1) is 12.8 Å². The van der Waals surface area contributed by atoms with E-state index in [-0.39, 0.29) is 17.7 Å². The number of rotatable bonds is 3. The van der Waals surface area contributed by atoms with E-state index in [1.165, 1.54) is 12.8 Å². The molecule has 0 spiro atoms. The monoisotopic (exact) mass is 233 g/mol. The molecule has 1 saturated carbocycles. The minimum Gasteiger partial charge on any atom is -0.507 e. The number of benzene rings is 1. The van der Waals surface area contributed by atoms with Crippen LogP contribution in [0.1, 0.15) is 35.7 Å². The Hall–Kier alpha value is -1.51. The molecule has 0 aromatic heterocycles. The second-order valence-electron chi connectivity index (χ2n) is 5.01. The summed E-state index contributed by atoms with van der Waals surface area (Å²) in [5.41, 5.74) is 1.39. The molecule has 3 heteroatoms. The van der Waals surface area contributed by atoms with E-state index in [9.17, 15) is 9.90 Å². The topological polar surface area (TPSA) is 40.5 Å². The van der Waals surface area contributed by atoms with Crippen molar-refractivity contribution in [2.24, 2.45) is 5.92 Å². The molecule has 1 amide bonds. The van der Waals surface area contributed by atoms with Gasteiger partial charge in [0.25, 0.3) is 5.91 Å². The van der Waals surface area contributed by atoms with Gasteiger partial charge in [-0.3, -0.25) is 4.79 Å².